The number of pyridine rings is 1. The number of amides is 1. The quantitative estimate of drug-likeness (QED) is 0.833. The van der Waals surface area contributed by atoms with Crippen LogP contribution in [0.3, 0.4) is 0 Å². The van der Waals surface area contributed by atoms with Crippen LogP contribution in [0.15, 0.2) is 18.3 Å². The number of aliphatic hydroxyl groups excluding tert-OH is 1. The molecule has 1 aromatic rings. The zero-order chi connectivity index (χ0) is 14.4. The minimum absolute atomic E-state index is 0.00482. The number of carbonyl (C=O) groups is 1. The van der Waals surface area contributed by atoms with E-state index >= 15 is 0 Å². The third kappa shape index (κ3) is 3.48. The number of aromatic nitrogens is 1. The van der Waals surface area contributed by atoms with Gasteiger partial charge >= 0.3 is 0 Å². The minimum atomic E-state index is -0.0781. The molecule has 1 aliphatic rings. The first-order valence-electron chi connectivity index (χ1n) is 7.38. The Morgan fingerprint density at radius 3 is 2.90 bits per heavy atom. The number of hydrogen-bond donors (Lipinski definition) is 2. The summed E-state index contributed by atoms with van der Waals surface area (Å²) in [4.78, 5) is 18.6. The van der Waals surface area contributed by atoms with Crippen molar-refractivity contribution in [3.63, 3.8) is 0 Å². The van der Waals surface area contributed by atoms with Crippen LogP contribution in [0, 0.1) is 0 Å². The van der Waals surface area contributed by atoms with E-state index in [0.29, 0.717) is 12.2 Å². The monoisotopic (exact) mass is 277 g/mol. The van der Waals surface area contributed by atoms with Crippen molar-refractivity contribution in [1.29, 1.82) is 0 Å². The number of nitrogens with zero attached hydrogens (tertiary/aromatic N) is 2. The van der Waals surface area contributed by atoms with Crippen molar-refractivity contribution in [2.45, 2.75) is 38.6 Å². The summed E-state index contributed by atoms with van der Waals surface area (Å²) < 4.78 is 0. The molecule has 0 atom stereocenters. The lowest BCUT2D eigenvalue weighted by atomic mass is 10.2. The molecule has 1 fully saturated rings. The van der Waals surface area contributed by atoms with Crippen LogP contribution in [-0.2, 0) is 0 Å². The molecule has 5 heteroatoms. The molecule has 1 heterocycles. The normalized spacial score (nSPS) is 15.3. The number of carbonyl (C=O) groups excluding carboxylic acids is 1. The lowest BCUT2D eigenvalue weighted by Crippen LogP contribution is -2.41. The van der Waals surface area contributed by atoms with Crippen LogP contribution in [0.1, 0.15) is 43.1 Å². The lowest BCUT2D eigenvalue weighted by molar-refractivity contribution is 0.0632. The summed E-state index contributed by atoms with van der Waals surface area (Å²) in [6.07, 6.45) is 6.02. The fourth-order valence-electron chi connectivity index (χ4n) is 2.78. The second-order valence-corrected chi connectivity index (χ2v) is 5.12. The highest BCUT2D eigenvalue weighted by molar-refractivity contribution is 5.93. The molecule has 0 bridgehead atoms. The van der Waals surface area contributed by atoms with E-state index in [-0.39, 0.29) is 18.6 Å². The Bertz CT molecular complexity index is 444. The molecule has 0 unspecified atom stereocenters. The fraction of sp³-hybridized carbons (Fsp3) is 0.600. The molecule has 0 aliphatic heterocycles. The average molecular weight is 277 g/mol. The molecule has 110 valence electrons. The Morgan fingerprint density at radius 2 is 2.25 bits per heavy atom. The number of nitrogens with one attached hydrogen (secondary N) is 1. The number of hydrogen-bond acceptors (Lipinski definition) is 4. The highest BCUT2D eigenvalue weighted by atomic mass is 16.3. The van der Waals surface area contributed by atoms with Gasteiger partial charge in [0.05, 0.1) is 6.61 Å². The van der Waals surface area contributed by atoms with Gasteiger partial charge in [-0.25, -0.2) is 0 Å². The van der Waals surface area contributed by atoms with E-state index in [4.69, 9.17) is 0 Å². The van der Waals surface area contributed by atoms with Crippen molar-refractivity contribution in [3.05, 3.63) is 24.0 Å². The average Bonchev–Trinajstić information content (AvgIpc) is 2.98. The van der Waals surface area contributed by atoms with E-state index < -0.39 is 0 Å². The van der Waals surface area contributed by atoms with Crippen molar-refractivity contribution in [2.24, 2.45) is 0 Å². The van der Waals surface area contributed by atoms with Crippen LogP contribution in [0.2, 0.25) is 0 Å². The summed E-state index contributed by atoms with van der Waals surface area (Å²) in [5.41, 5.74) is 1.35. The van der Waals surface area contributed by atoms with Gasteiger partial charge in [-0.3, -0.25) is 9.78 Å². The number of anilines is 1. The highest BCUT2D eigenvalue weighted by Gasteiger charge is 2.27. The third-order valence-electron chi connectivity index (χ3n) is 3.73. The molecule has 20 heavy (non-hydrogen) atoms. The van der Waals surface area contributed by atoms with Crippen LogP contribution >= 0.6 is 0 Å². The molecule has 2 rings (SSSR count). The highest BCUT2D eigenvalue weighted by Crippen LogP contribution is 2.24. The van der Waals surface area contributed by atoms with Gasteiger partial charge < -0.3 is 15.3 Å². The molecule has 5 nitrogen and oxygen atoms in total. The topological polar surface area (TPSA) is 65.5 Å². The van der Waals surface area contributed by atoms with Crippen molar-refractivity contribution >= 4 is 11.6 Å². The SMILES string of the molecule is CCNc1ccnc(C(=O)N(CCO)C2CCCC2)c1. The molecule has 0 spiro atoms. The molecular formula is C15H23N3O2. The van der Waals surface area contributed by atoms with Gasteiger partial charge in [0.15, 0.2) is 0 Å². The third-order valence-corrected chi connectivity index (χ3v) is 3.73. The van der Waals surface area contributed by atoms with Crippen LogP contribution in [-0.4, -0.2) is 46.6 Å². The second kappa shape index (κ2) is 7.24. The Kier molecular flexibility index (Phi) is 5.35. The van der Waals surface area contributed by atoms with Gasteiger partial charge in [0.25, 0.3) is 5.91 Å². The van der Waals surface area contributed by atoms with Crippen LogP contribution in [0.5, 0.6) is 0 Å². The Morgan fingerprint density at radius 1 is 1.50 bits per heavy atom. The smallest absolute Gasteiger partial charge is 0.272 e. The first-order valence-corrected chi connectivity index (χ1v) is 7.38. The van der Waals surface area contributed by atoms with E-state index in [1.807, 2.05) is 13.0 Å². The van der Waals surface area contributed by atoms with E-state index in [1.165, 1.54) is 0 Å². The van der Waals surface area contributed by atoms with E-state index in [2.05, 4.69) is 10.3 Å². The van der Waals surface area contributed by atoms with Crippen LogP contribution in [0.4, 0.5) is 5.69 Å². The van der Waals surface area contributed by atoms with E-state index in [1.54, 1.807) is 17.2 Å². The van der Waals surface area contributed by atoms with Gasteiger partial charge in [0, 0.05) is 31.0 Å². The minimum Gasteiger partial charge on any atom is -0.395 e. The lowest BCUT2D eigenvalue weighted by Gasteiger charge is -2.28. The maximum atomic E-state index is 12.6. The van der Waals surface area contributed by atoms with Gasteiger partial charge in [-0.05, 0) is 31.9 Å². The molecule has 2 N–H and O–H groups in total. The Balaban J connectivity index is 2.15. The maximum absolute atomic E-state index is 12.6. The maximum Gasteiger partial charge on any atom is 0.272 e. The zero-order valence-electron chi connectivity index (χ0n) is 12.0. The second-order valence-electron chi connectivity index (χ2n) is 5.12. The van der Waals surface area contributed by atoms with Gasteiger partial charge in [-0.15, -0.1) is 0 Å². The summed E-state index contributed by atoms with van der Waals surface area (Å²) in [5, 5.41) is 12.4. The van der Waals surface area contributed by atoms with Gasteiger partial charge in [-0.1, -0.05) is 12.8 Å². The first kappa shape index (κ1) is 14.8. The molecule has 1 aromatic heterocycles. The molecule has 1 aliphatic carbocycles. The molecule has 0 saturated heterocycles. The van der Waals surface area contributed by atoms with Crippen molar-refractivity contribution in [2.75, 3.05) is 25.0 Å². The van der Waals surface area contributed by atoms with Crippen molar-refractivity contribution in [1.82, 2.24) is 9.88 Å². The van der Waals surface area contributed by atoms with Crippen LogP contribution < -0.4 is 5.32 Å². The zero-order valence-corrected chi connectivity index (χ0v) is 12.0. The molecular weight excluding hydrogens is 254 g/mol. The van der Waals surface area contributed by atoms with E-state index in [0.717, 1.165) is 37.9 Å². The van der Waals surface area contributed by atoms with Gasteiger partial charge in [-0.2, -0.15) is 0 Å². The summed E-state index contributed by atoms with van der Waals surface area (Å²) in [7, 11) is 0. The van der Waals surface area contributed by atoms with Crippen molar-refractivity contribution in [3.8, 4) is 0 Å². The number of aliphatic hydroxyl groups is 1. The summed E-state index contributed by atoms with van der Waals surface area (Å²) in [6, 6.07) is 3.89. The summed E-state index contributed by atoms with van der Waals surface area (Å²) in [6.45, 7) is 3.20. The Labute approximate surface area is 120 Å². The molecule has 0 aromatic carbocycles. The van der Waals surface area contributed by atoms with Crippen LogP contribution in [0.25, 0.3) is 0 Å². The standard InChI is InChI=1S/C15H23N3O2/c1-2-16-12-7-8-17-14(11-12)15(20)18(9-10-19)13-5-3-4-6-13/h7-8,11,13,19H,2-6,9-10H2,1H3,(H,16,17). The van der Waals surface area contributed by atoms with Gasteiger partial charge in [0.2, 0.25) is 0 Å². The molecule has 1 amide bonds. The fourth-order valence-corrected chi connectivity index (χ4v) is 2.78. The predicted molar refractivity (Wildman–Crippen MR) is 78.8 cm³/mol. The number of rotatable bonds is 6. The summed E-state index contributed by atoms with van der Waals surface area (Å²) >= 11 is 0. The predicted octanol–water partition coefficient (Wildman–Crippen LogP) is 1.89. The molecule has 1 saturated carbocycles. The van der Waals surface area contributed by atoms with Gasteiger partial charge in [0.1, 0.15) is 5.69 Å². The largest absolute Gasteiger partial charge is 0.395 e. The summed E-state index contributed by atoms with van der Waals surface area (Å²) in [5.74, 6) is -0.0781. The van der Waals surface area contributed by atoms with E-state index in [9.17, 15) is 9.90 Å². The molecule has 0 radical (unpaired) electrons. The first-order chi connectivity index (χ1) is 9.76. The van der Waals surface area contributed by atoms with Crippen molar-refractivity contribution < 1.29 is 9.90 Å². The Hall–Kier alpha value is -1.62.